The van der Waals surface area contributed by atoms with Crippen LogP contribution in [0.1, 0.15) is 20.3 Å². The third-order valence-electron chi connectivity index (χ3n) is 2.60. The molecule has 2 atom stereocenters. The second kappa shape index (κ2) is 8.16. The summed E-state index contributed by atoms with van der Waals surface area (Å²) in [4.78, 5) is 8.53. The highest BCUT2D eigenvalue weighted by Crippen LogP contribution is 2.15. The molecule has 0 aliphatic heterocycles. The molecule has 2 unspecified atom stereocenters. The minimum absolute atomic E-state index is 0.152. The molecule has 0 amide bonds. The molecule has 0 aromatic carbocycles. The normalized spacial score (nSPS) is 14.0. The van der Waals surface area contributed by atoms with Crippen molar-refractivity contribution in [2.45, 2.75) is 31.6 Å². The number of hydrogen-bond donors (Lipinski definition) is 3. The Balaban J connectivity index is 2.60. The van der Waals surface area contributed by atoms with Crippen LogP contribution < -0.4 is 10.6 Å². The Hall–Kier alpha value is -1.01. The maximum absolute atomic E-state index is 9.24. The smallest absolute Gasteiger partial charge is 0.224 e. The van der Waals surface area contributed by atoms with Crippen molar-refractivity contribution in [2.24, 2.45) is 0 Å². The van der Waals surface area contributed by atoms with Gasteiger partial charge in [0.15, 0.2) is 0 Å². The van der Waals surface area contributed by atoms with Crippen LogP contribution in [0.15, 0.2) is 12.3 Å². The van der Waals surface area contributed by atoms with Crippen LogP contribution in [0.4, 0.5) is 11.8 Å². The van der Waals surface area contributed by atoms with E-state index in [0.29, 0.717) is 5.95 Å². The summed E-state index contributed by atoms with van der Waals surface area (Å²) in [5.41, 5.74) is 0. The van der Waals surface area contributed by atoms with Crippen LogP contribution in [-0.2, 0) is 0 Å². The standard InChI is InChI=1S/C12H22N4OS/c1-4-6-13-12-14-7-5-11(16-12)15-9(2)10(8-17)18-3/h5,7,9-10,17H,4,6,8H2,1-3H3,(H2,13,14,15,16). The van der Waals surface area contributed by atoms with E-state index in [1.807, 2.05) is 19.2 Å². The van der Waals surface area contributed by atoms with Gasteiger partial charge in [0.05, 0.1) is 6.61 Å². The van der Waals surface area contributed by atoms with Crippen LogP contribution in [0.25, 0.3) is 0 Å². The Morgan fingerprint density at radius 3 is 2.89 bits per heavy atom. The molecule has 5 nitrogen and oxygen atoms in total. The third kappa shape index (κ3) is 4.70. The largest absolute Gasteiger partial charge is 0.395 e. The van der Waals surface area contributed by atoms with Gasteiger partial charge in [-0.05, 0) is 25.7 Å². The second-order valence-electron chi connectivity index (χ2n) is 4.08. The molecule has 0 aliphatic rings. The molecule has 0 saturated carbocycles. The van der Waals surface area contributed by atoms with E-state index in [4.69, 9.17) is 0 Å². The molecule has 1 aromatic rings. The number of hydrogen-bond acceptors (Lipinski definition) is 6. The molecule has 1 heterocycles. The number of aliphatic hydroxyl groups is 1. The van der Waals surface area contributed by atoms with Gasteiger partial charge in [-0.2, -0.15) is 16.7 Å². The van der Waals surface area contributed by atoms with Gasteiger partial charge in [-0.3, -0.25) is 0 Å². The van der Waals surface area contributed by atoms with E-state index in [0.717, 1.165) is 18.8 Å². The first kappa shape index (κ1) is 15.0. The summed E-state index contributed by atoms with van der Waals surface area (Å²) in [5, 5.41) is 15.8. The number of aromatic nitrogens is 2. The zero-order valence-corrected chi connectivity index (χ0v) is 12.0. The molecular formula is C12H22N4OS. The van der Waals surface area contributed by atoms with Gasteiger partial charge < -0.3 is 15.7 Å². The van der Waals surface area contributed by atoms with E-state index in [-0.39, 0.29) is 17.9 Å². The van der Waals surface area contributed by atoms with Gasteiger partial charge in [0.2, 0.25) is 5.95 Å². The van der Waals surface area contributed by atoms with Crippen LogP contribution in [0.3, 0.4) is 0 Å². The zero-order chi connectivity index (χ0) is 13.4. The number of nitrogens with one attached hydrogen (secondary N) is 2. The minimum atomic E-state index is 0.152. The summed E-state index contributed by atoms with van der Waals surface area (Å²) in [6.45, 7) is 5.16. The Kier molecular flexibility index (Phi) is 6.82. The van der Waals surface area contributed by atoms with E-state index < -0.39 is 0 Å². The molecule has 3 N–H and O–H groups in total. The highest BCUT2D eigenvalue weighted by atomic mass is 32.2. The predicted octanol–water partition coefficient (Wildman–Crippen LogP) is 1.82. The maximum Gasteiger partial charge on any atom is 0.224 e. The van der Waals surface area contributed by atoms with Gasteiger partial charge in [0, 0.05) is 24.0 Å². The van der Waals surface area contributed by atoms with E-state index in [9.17, 15) is 5.11 Å². The van der Waals surface area contributed by atoms with Gasteiger partial charge >= 0.3 is 0 Å². The maximum atomic E-state index is 9.24. The summed E-state index contributed by atoms with van der Waals surface area (Å²) in [7, 11) is 0. The van der Waals surface area contributed by atoms with Crippen LogP contribution in [0.2, 0.25) is 0 Å². The average molecular weight is 270 g/mol. The lowest BCUT2D eigenvalue weighted by atomic mass is 10.2. The lowest BCUT2D eigenvalue weighted by Crippen LogP contribution is -2.31. The summed E-state index contributed by atoms with van der Waals surface area (Å²) >= 11 is 1.64. The zero-order valence-electron chi connectivity index (χ0n) is 11.2. The molecule has 102 valence electrons. The van der Waals surface area contributed by atoms with E-state index in [1.165, 1.54) is 0 Å². The molecule has 0 radical (unpaired) electrons. The van der Waals surface area contributed by atoms with Crippen molar-refractivity contribution in [3.05, 3.63) is 12.3 Å². The minimum Gasteiger partial charge on any atom is -0.395 e. The van der Waals surface area contributed by atoms with Gasteiger partial charge in [-0.25, -0.2) is 4.98 Å². The highest BCUT2D eigenvalue weighted by Gasteiger charge is 2.15. The van der Waals surface area contributed by atoms with Crippen molar-refractivity contribution in [3.63, 3.8) is 0 Å². The fraction of sp³-hybridized carbons (Fsp3) is 0.667. The molecule has 0 aliphatic carbocycles. The summed E-state index contributed by atoms with van der Waals surface area (Å²) in [5.74, 6) is 1.42. The topological polar surface area (TPSA) is 70.1 Å². The lowest BCUT2D eigenvalue weighted by molar-refractivity contribution is 0.288. The van der Waals surface area contributed by atoms with Crippen molar-refractivity contribution in [2.75, 3.05) is 30.0 Å². The molecule has 1 rings (SSSR count). The number of rotatable bonds is 8. The molecule has 6 heteroatoms. The van der Waals surface area contributed by atoms with Crippen molar-refractivity contribution in [3.8, 4) is 0 Å². The molecule has 0 saturated heterocycles. The molecule has 0 bridgehead atoms. The SMILES string of the molecule is CCCNc1nccc(NC(C)C(CO)SC)n1. The first-order valence-corrected chi connectivity index (χ1v) is 7.47. The highest BCUT2D eigenvalue weighted by molar-refractivity contribution is 7.99. The number of aliphatic hydroxyl groups excluding tert-OH is 1. The number of nitrogens with zero attached hydrogens (tertiary/aromatic N) is 2. The van der Waals surface area contributed by atoms with E-state index in [2.05, 4.69) is 27.5 Å². The Labute approximate surface area is 113 Å². The Morgan fingerprint density at radius 1 is 1.50 bits per heavy atom. The Morgan fingerprint density at radius 2 is 2.28 bits per heavy atom. The van der Waals surface area contributed by atoms with Crippen molar-refractivity contribution >= 4 is 23.5 Å². The van der Waals surface area contributed by atoms with E-state index in [1.54, 1.807) is 18.0 Å². The van der Waals surface area contributed by atoms with Crippen LogP contribution in [-0.4, -0.2) is 45.8 Å². The molecule has 0 fully saturated rings. The van der Waals surface area contributed by atoms with Gasteiger partial charge in [-0.15, -0.1) is 0 Å². The Bertz CT molecular complexity index is 347. The monoisotopic (exact) mass is 270 g/mol. The van der Waals surface area contributed by atoms with Crippen molar-refractivity contribution in [1.29, 1.82) is 0 Å². The van der Waals surface area contributed by atoms with E-state index >= 15 is 0 Å². The fourth-order valence-corrected chi connectivity index (χ4v) is 2.15. The van der Waals surface area contributed by atoms with Gasteiger partial charge in [0.1, 0.15) is 5.82 Å². The van der Waals surface area contributed by atoms with Crippen LogP contribution >= 0.6 is 11.8 Å². The predicted molar refractivity (Wildman–Crippen MR) is 78.3 cm³/mol. The first-order chi connectivity index (χ1) is 8.71. The van der Waals surface area contributed by atoms with Gasteiger partial charge in [0.25, 0.3) is 0 Å². The third-order valence-corrected chi connectivity index (χ3v) is 3.77. The van der Waals surface area contributed by atoms with Crippen LogP contribution in [0.5, 0.6) is 0 Å². The van der Waals surface area contributed by atoms with Crippen LogP contribution in [0, 0.1) is 0 Å². The molecule has 1 aromatic heterocycles. The lowest BCUT2D eigenvalue weighted by Gasteiger charge is -2.21. The number of anilines is 2. The number of thioether (sulfide) groups is 1. The van der Waals surface area contributed by atoms with Gasteiger partial charge in [-0.1, -0.05) is 6.92 Å². The van der Waals surface area contributed by atoms with Crippen molar-refractivity contribution < 1.29 is 5.11 Å². The second-order valence-corrected chi connectivity index (χ2v) is 5.16. The average Bonchev–Trinajstić information content (AvgIpc) is 2.38. The van der Waals surface area contributed by atoms with Crippen molar-refractivity contribution in [1.82, 2.24) is 9.97 Å². The fourth-order valence-electron chi connectivity index (χ4n) is 1.52. The summed E-state index contributed by atoms with van der Waals surface area (Å²) < 4.78 is 0. The molecule has 18 heavy (non-hydrogen) atoms. The molecule has 0 spiro atoms. The summed E-state index contributed by atoms with van der Waals surface area (Å²) in [6.07, 6.45) is 4.76. The molecular weight excluding hydrogens is 248 g/mol. The first-order valence-electron chi connectivity index (χ1n) is 6.18. The quantitative estimate of drug-likeness (QED) is 0.669. The summed E-state index contributed by atoms with van der Waals surface area (Å²) in [6, 6.07) is 1.99.